The van der Waals surface area contributed by atoms with Crippen LogP contribution in [0.5, 0.6) is 0 Å². The summed E-state index contributed by atoms with van der Waals surface area (Å²) in [6.07, 6.45) is 2.02. The maximum Gasteiger partial charge on any atom is 0.239 e. The van der Waals surface area contributed by atoms with E-state index in [0.717, 1.165) is 31.6 Å². The molecule has 0 aromatic heterocycles. The number of nitrogens with two attached hydrogens (primary N) is 1. The van der Waals surface area contributed by atoms with Crippen molar-refractivity contribution in [3.8, 4) is 0 Å². The largest absolute Gasteiger partial charge is 0.399 e. The molecule has 20 heavy (non-hydrogen) atoms. The van der Waals surface area contributed by atoms with Crippen molar-refractivity contribution in [3.05, 3.63) is 29.8 Å². The van der Waals surface area contributed by atoms with E-state index in [1.807, 2.05) is 12.1 Å². The molecule has 1 fully saturated rings. The van der Waals surface area contributed by atoms with Crippen molar-refractivity contribution < 1.29 is 9.53 Å². The molecule has 110 valence electrons. The second kappa shape index (κ2) is 7.26. The summed E-state index contributed by atoms with van der Waals surface area (Å²) < 4.78 is 5.40. The number of hydrogen-bond acceptors (Lipinski definition) is 4. The second-order valence-electron chi connectivity index (χ2n) is 5.09. The van der Waals surface area contributed by atoms with Crippen LogP contribution < -0.4 is 11.1 Å². The number of carbonyl (C=O) groups is 1. The first kappa shape index (κ1) is 14.8. The van der Waals surface area contributed by atoms with Crippen molar-refractivity contribution >= 4 is 11.6 Å². The van der Waals surface area contributed by atoms with Gasteiger partial charge in [0.1, 0.15) is 6.04 Å². The van der Waals surface area contributed by atoms with Gasteiger partial charge >= 0.3 is 0 Å². The fourth-order valence-electron chi connectivity index (χ4n) is 2.48. The molecule has 0 bridgehead atoms. The van der Waals surface area contributed by atoms with E-state index in [2.05, 4.69) is 22.3 Å². The Morgan fingerprint density at radius 2 is 2.20 bits per heavy atom. The topological polar surface area (TPSA) is 67.6 Å². The molecular formula is C15H23N3O2. The fraction of sp³-hybridized carbons (Fsp3) is 0.533. The summed E-state index contributed by atoms with van der Waals surface area (Å²) in [5.41, 5.74) is 7.75. The number of hydrogen-bond donors (Lipinski definition) is 2. The molecule has 2 rings (SSSR count). The first-order valence-corrected chi connectivity index (χ1v) is 7.08. The van der Waals surface area contributed by atoms with Crippen LogP contribution in [0.3, 0.4) is 0 Å². The van der Waals surface area contributed by atoms with Gasteiger partial charge in [-0.3, -0.25) is 9.69 Å². The summed E-state index contributed by atoms with van der Waals surface area (Å²) >= 11 is 0. The Labute approximate surface area is 120 Å². The highest BCUT2D eigenvalue weighted by molar-refractivity contribution is 5.81. The number of amides is 1. The summed E-state index contributed by atoms with van der Waals surface area (Å²) in [6.45, 7) is 2.92. The van der Waals surface area contributed by atoms with Gasteiger partial charge in [0.25, 0.3) is 0 Å². The predicted octanol–water partition coefficient (Wildman–Crippen LogP) is 0.648. The highest BCUT2D eigenvalue weighted by Crippen LogP contribution is 2.11. The zero-order valence-corrected chi connectivity index (χ0v) is 12.0. The van der Waals surface area contributed by atoms with Crippen molar-refractivity contribution in [2.24, 2.45) is 0 Å². The molecule has 1 aliphatic heterocycles. The number of nitrogen functional groups attached to an aromatic ring is 1. The van der Waals surface area contributed by atoms with E-state index in [4.69, 9.17) is 10.5 Å². The minimum absolute atomic E-state index is 0.0391. The summed E-state index contributed by atoms with van der Waals surface area (Å²) in [6, 6.07) is 7.82. The molecule has 1 aromatic rings. The van der Waals surface area contributed by atoms with Crippen LogP contribution in [0.4, 0.5) is 5.69 Å². The van der Waals surface area contributed by atoms with Crippen LogP contribution in [0.25, 0.3) is 0 Å². The maximum absolute atomic E-state index is 11.8. The Balaban J connectivity index is 1.82. The molecule has 1 amide bonds. The van der Waals surface area contributed by atoms with Gasteiger partial charge in [0.05, 0.1) is 13.2 Å². The minimum Gasteiger partial charge on any atom is -0.399 e. The number of carbonyl (C=O) groups excluding carboxylic acids is 1. The Morgan fingerprint density at radius 1 is 1.45 bits per heavy atom. The molecule has 1 aromatic carbocycles. The minimum atomic E-state index is -0.153. The third kappa shape index (κ3) is 3.95. The van der Waals surface area contributed by atoms with E-state index in [0.29, 0.717) is 13.2 Å². The molecule has 1 unspecified atom stereocenters. The SMILES string of the molecule is CNC(=O)C1COCCN1CCCc1ccc(N)cc1. The monoisotopic (exact) mass is 277 g/mol. The molecule has 5 heteroatoms. The summed E-state index contributed by atoms with van der Waals surface area (Å²) in [4.78, 5) is 14.0. The quantitative estimate of drug-likeness (QED) is 0.775. The van der Waals surface area contributed by atoms with Crippen LogP contribution in [-0.4, -0.2) is 50.2 Å². The molecule has 1 heterocycles. The van der Waals surface area contributed by atoms with Gasteiger partial charge < -0.3 is 15.8 Å². The zero-order valence-electron chi connectivity index (χ0n) is 12.0. The van der Waals surface area contributed by atoms with Gasteiger partial charge in [-0.25, -0.2) is 0 Å². The van der Waals surface area contributed by atoms with E-state index in [1.165, 1.54) is 5.56 Å². The highest BCUT2D eigenvalue weighted by Gasteiger charge is 2.27. The average molecular weight is 277 g/mol. The standard InChI is InChI=1S/C15H23N3O2/c1-17-15(19)14-11-20-10-9-18(14)8-2-3-12-4-6-13(16)7-5-12/h4-7,14H,2-3,8-11,16H2,1H3,(H,17,19). The van der Waals surface area contributed by atoms with E-state index in [1.54, 1.807) is 7.05 Å². The molecule has 3 N–H and O–H groups in total. The van der Waals surface area contributed by atoms with Gasteiger partial charge in [-0.2, -0.15) is 0 Å². The van der Waals surface area contributed by atoms with E-state index >= 15 is 0 Å². The lowest BCUT2D eigenvalue weighted by molar-refractivity contribution is -0.132. The molecule has 0 saturated carbocycles. The molecular weight excluding hydrogens is 254 g/mol. The van der Waals surface area contributed by atoms with E-state index in [-0.39, 0.29) is 11.9 Å². The lowest BCUT2D eigenvalue weighted by atomic mass is 10.1. The first-order valence-electron chi connectivity index (χ1n) is 7.08. The second-order valence-corrected chi connectivity index (χ2v) is 5.09. The van der Waals surface area contributed by atoms with E-state index in [9.17, 15) is 4.79 Å². The first-order chi connectivity index (χ1) is 9.70. The highest BCUT2D eigenvalue weighted by atomic mass is 16.5. The third-order valence-electron chi connectivity index (χ3n) is 3.68. The van der Waals surface area contributed by atoms with Crippen LogP contribution in [0.1, 0.15) is 12.0 Å². The van der Waals surface area contributed by atoms with Crippen LogP contribution in [0.2, 0.25) is 0 Å². The van der Waals surface area contributed by atoms with Crippen LogP contribution in [0.15, 0.2) is 24.3 Å². The Bertz CT molecular complexity index is 433. The van der Waals surface area contributed by atoms with Crippen molar-refractivity contribution in [1.82, 2.24) is 10.2 Å². The van der Waals surface area contributed by atoms with Gasteiger partial charge in [-0.1, -0.05) is 12.1 Å². The number of rotatable bonds is 5. The van der Waals surface area contributed by atoms with Crippen molar-refractivity contribution in [3.63, 3.8) is 0 Å². The number of nitrogens with one attached hydrogen (secondary N) is 1. The molecule has 1 aliphatic rings. The predicted molar refractivity (Wildman–Crippen MR) is 79.4 cm³/mol. The number of aryl methyl sites for hydroxylation is 1. The smallest absolute Gasteiger partial charge is 0.239 e. The molecule has 1 atom stereocenters. The van der Waals surface area contributed by atoms with Crippen molar-refractivity contribution in [2.45, 2.75) is 18.9 Å². The fourth-order valence-corrected chi connectivity index (χ4v) is 2.48. The van der Waals surface area contributed by atoms with Crippen molar-refractivity contribution in [2.75, 3.05) is 39.1 Å². The molecule has 5 nitrogen and oxygen atoms in total. The van der Waals surface area contributed by atoms with Gasteiger partial charge in [0, 0.05) is 19.3 Å². The number of ether oxygens (including phenoxy) is 1. The van der Waals surface area contributed by atoms with E-state index < -0.39 is 0 Å². The Hall–Kier alpha value is -1.59. The lowest BCUT2D eigenvalue weighted by Crippen LogP contribution is -2.53. The number of anilines is 1. The number of benzene rings is 1. The zero-order chi connectivity index (χ0) is 14.4. The van der Waals surface area contributed by atoms with Gasteiger partial charge in [0.15, 0.2) is 0 Å². The average Bonchev–Trinajstić information content (AvgIpc) is 2.49. The Morgan fingerprint density at radius 3 is 2.90 bits per heavy atom. The normalized spacial score (nSPS) is 19.8. The molecule has 1 saturated heterocycles. The van der Waals surface area contributed by atoms with Crippen molar-refractivity contribution in [1.29, 1.82) is 0 Å². The summed E-state index contributed by atoms with van der Waals surface area (Å²) in [7, 11) is 1.67. The lowest BCUT2D eigenvalue weighted by Gasteiger charge is -2.34. The van der Waals surface area contributed by atoms with Crippen LogP contribution >= 0.6 is 0 Å². The van der Waals surface area contributed by atoms with Gasteiger partial charge in [-0.05, 0) is 37.1 Å². The Kier molecular flexibility index (Phi) is 5.38. The van der Waals surface area contributed by atoms with Crippen LogP contribution in [0, 0.1) is 0 Å². The van der Waals surface area contributed by atoms with Gasteiger partial charge in [-0.15, -0.1) is 0 Å². The third-order valence-corrected chi connectivity index (χ3v) is 3.68. The van der Waals surface area contributed by atoms with Gasteiger partial charge in [0.2, 0.25) is 5.91 Å². The number of morpholine rings is 1. The summed E-state index contributed by atoms with van der Waals surface area (Å²) in [5.74, 6) is 0.0391. The van der Waals surface area contributed by atoms with Crippen LogP contribution in [-0.2, 0) is 16.0 Å². The number of nitrogens with zero attached hydrogens (tertiary/aromatic N) is 1. The summed E-state index contributed by atoms with van der Waals surface area (Å²) in [5, 5.41) is 2.70. The molecule has 0 aliphatic carbocycles. The molecule has 0 spiro atoms. The molecule has 0 radical (unpaired) electrons. The number of likely N-dealkylation sites (N-methyl/N-ethyl adjacent to an activating group) is 1. The maximum atomic E-state index is 11.8.